The van der Waals surface area contributed by atoms with Crippen LogP contribution >= 0.6 is 23.2 Å². The minimum Gasteiger partial charge on any atom is -0.453 e. The molecule has 0 fully saturated rings. The molecule has 0 spiro atoms. The van der Waals surface area contributed by atoms with Crippen LogP contribution in [0.2, 0.25) is 10.0 Å². The van der Waals surface area contributed by atoms with Gasteiger partial charge in [0.05, 0.1) is 5.02 Å². The monoisotopic (exact) mass is 327 g/mol. The Kier molecular flexibility index (Phi) is 5.45. The number of ether oxygens (including phenoxy) is 1. The van der Waals surface area contributed by atoms with Crippen LogP contribution in [0, 0.1) is 5.82 Å². The lowest BCUT2D eigenvalue weighted by Crippen LogP contribution is -2.21. The summed E-state index contributed by atoms with van der Waals surface area (Å²) in [6, 6.07) is 9.80. The zero-order valence-electron chi connectivity index (χ0n) is 11.6. The third kappa shape index (κ3) is 4.10. The fourth-order valence-corrected chi connectivity index (χ4v) is 2.21. The van der Waals surface area contributed by atoms with E-state index in [2.05, 4.69) is 0 Å². The molecule has 0 radical (unpaired) electrons. The Morgan fingerprint density at radius 1 is 1.19 bits per heavy atom. The molecule has 2 nitrogen and oxygen atoms in total. The Hall–Kier alpha value is -1.29. The molecule has 0 aromatic heterocycles. The van der Waals surface area contributed by atoms with Gasteiger partial charge in [0.25, 0.3) is 0 Å². The summed E-state index contributed by atoms with van der Waals surface area (Å²) in [5.41, 5.74) is 6.71. The number of nitrogens with two attached hydrogens (primary N) is 1. The fraction of sp³-hybridized carbons (Fsp3) is 0.250. The molecule has 5 heteroatoms. The van der Waals surface area contributed by atoms with E-state index >= 15 is 0 Å². The first-order chi connectivity index (χ1) is 10.0. The second-order valence-corrected chi connectivity index (χ2v) is 5.58. The molecule has 2 rings (SSSR count). The number of halogens is 3. The van der Waals surface area contributed by atoms with E-state index in [1.165, 1.54) is 6.07 Å². The van der Waals surface area contributed by atoms with Gasteiger partial charge in [-0.25, -0.2) is 4.39 Å². The summed E-state index contributed by atoms with van der Waals surface area (Å²) in [5.74, 6) is -0.0269. The zero-order chi connectivity index (χ0) is 15.4. The topological polar surface area (TPSA) is 35.2 Å². The molecule has 2 aromatic rings. The van der Waals surface area contributed by atoms with Crippen molar-refractivity contribution in [3.63, 3.8) is 0 Å². The quantitative estimate of drug-likeness (QED) is 0.818. The highest BCUT2D eigenvalue weighted by molar-refractivity contribution is 6.42. The van der Waals surface area contributed by atoms with Gasteiger partial charge in [-0.1, -0.05) is 42.3 Å². The van der Waals surface area contributed by atoms with E-state index in [9.17, 15) is 4.39 Å². The fourth-order valence-electron chi connectivity index (χ4n) is 1.88. The van der Waals surface area contributed by atoms with E-state index in [1.54, 1.807) is 30.3 Å². The van der Waals surface area contributed by atoms with Gasteiger partial charge in [0, 0.05) is 6.04 Å². The molecule has 0 aliphatic heterocycles. The summed E-state index contributed by atoms with van der Waals surface area (Å²) in [6.07, 6.45) is 1.48. The van der Waals surface area contributed by atoms with Gasteiger partial charge in [-0.3, -0.25) is 0 Å². The van der Waals surface area contributed by atoms with Crippen molar-refractivity contribution in [1.29, 1.82) is 0 Å². The third-order valence-electron chi connectivity index (χ3n) is 3.15. The second-order valence-electron chi connectivity index (χ2n) is 4.79. The van der Waals surface area contributed by atoms with E-state index in [1.807, 2.05) is 6.92 Å². The first kappa shape index (κ1) is 16.1. The van der Waals surface area contributed by atoms with Gasteiger partial charge in [0.15, 0.2) is 11.6 Å². The predicted molar refractivity (Wildman–Crippen MR) is 84.9 cm³/mol. The standard InChI is InChI=1S/C16H16Cl2FNO/c1-2-11(20)8-10-6-7-14(13(19)9-10)21-15-5-3-4-12(17)16(15)18/h3-7,9,11H,2,8,20H2,1H3. The zero-order valence-corrected chi connectivity index (χ0v) is 13.1. The van der Waals surface area contributed by atoms with Crippen LogP contribution in [0.1, 0.15) is 18.9 Å². The van der Waals surface area contributed by atoms with Crippen molar-refractivity contribution in [3.05, 3.63) is 57.8 Å². The Labute approximate surface area is 133 Å². The smallest absolute Gasteiger partial charge is 0.165 e. The van der Waals surface area contributed by atoms with Crippen LogP contribution in [-0.4, -0.2) is 6.04 Å². The summed E-state index contributed by atoms with van der Waals surface area (Å²) in [4.78, 5) is 0. The molecule has 0 saturated carbocycles. The molecular formula is C16H16Cl2FNO. The first-order valence-electron chi connectivity index (χ1n) is 6.67. The van der Waals surface area contributed by atoms with Crippen LogP contribution in [-0.2, 0) is 6.42 Å². The highest BCUT2D eigenvalue weighted by Crippen LogP contribution is 2.35. The molecule has 0 aliphatic carbocycles. The van der Waals surface area contributed by atoms with Crippen LogP contribution in [0.3, 0.4) is 0 Å². The van der Waals surface area contributed by atoms with Gasteiger partial charge in [0.2, 0.25) is 0 Å². The Morgan fingerprint density at radius 3 is 2.62 bits per heavy atom. The van der Waals surface area contributed by atoms with E-state index < -0.39 is 5.82 Å². The Balaban J connectivity index is 2.19. The SMILES string of the molecule is CCC(N)Cc1ccc(Oc2cccc(Cl)c2Cl)c(F)c1. The van der Waals surface area contributed by atoms with Gasteiger partial charge in [0.1, 0.15) is 10.8 Å². The summed E-state index contributed by atoms with van der Waals surface area (Å²) in [5, 5.41) is 0.621. The van der Waals surface area contributed by atoms with Crippen molar-refractivity contribution in [3.8, 4) is 11.5 Å². The van der Waals surface area contributed by atoms with Gasteiger partial charge < -0.3 is 10.5 Å². The number of hydrogen-bond acceptors (Lipinski definition) is 2. The lowest BCUT2D eigenvalue weighted by Gasteiger charge is -2.12. The third-order valence-corrected chi connectivity index (χ3v) is 3.96. The molecular weight excluding hydrogens is 312 g/mol. The molecule has 0 amide bonds. The largest absolute Gasteiger partial charge is 0.453 e. The minimum atomic E-state index is -0.452. The average molecular weight is 328 g/mol. The van der Waals surface area contributed by atoms with Crippen molar-refractivity contribution in [1.82, 2.24) is 0 Å². The molecule has 0 saturated heterocycles. The number of rotatable bonds is 5. The van der Waals surface area contributed by atoms with Crippen molar-refractivity contribution in [2.75, 3.05) is 0 Å². The molecule has 0 heterocycles. The van der Waals surface area contributed by atoms with E-state index in [0.29, 0.717) is 17.2 Å². The molecule has 2 N–H and O–H groups in total. The Morgan fingerprint density at radius 2 is 1.95 bits per heavy atom. The summed E-state index contributed by atoms with van der Waals surface area (Å²) in [7, 11) is 0. The molecule has 21 heavy (non-hydrogen) atoms. The van der Waals surface area contributed by atoms with Crippen molar-refractivity contribution < 1.29 is 9.13 Å². The van der Waals surface area contributed by atoms with Crippen LogP contribution in [0.15, 0.2) is 36.4 Å². The van der Waals surface area contributed by atoms with Crippen molar-refractivity contribution >= 4 is 23.2 Å². The molecule has 2 aromatic carbocycles. The van der Waals surface area contributed by atoms with Crippen molar-refractivity contribution in [2.24, 2.45) is 5.73 Å². The van der Waals surface area contributed by atoms with Crippen LogP contribution in [0.4, 0.5) is 4.39 Å². The molecule has 0 bridgehead atoms. The predicted octanol–water partition coefficient (Wildman–Crippen LogP) is 5.20. The maximum atomic E-state index is 14.1. The minimum absolute atomic E-state index is 0.0264. The van der Waals surface area contributed by atoms with E-state index in [4.69, 9.17) is 33.7 Å². The lowest BCUT2D eigenvalue weighted by molar-refractivity contribution is 0.441. The van der Waals surface area contributed by atoms with Crippen LogP contribution in [0.5, 0.6) is 11.5 Å². The van der Waals surface area contributed by atoms with E-state index in [-0.39, 0.29) is 16.8 Å². The summed E-state index contributed by atoms with van der Waals surface area (Å²) in [6.45, 7) is 2.00. The molecule has 1 unspecified atom stereocenters. The highest BCUT2D eigenvalue weighted by atomic mass is 35.5. The van der Waals surface area contributed by atoms with Gasteiger partial charge >= 0.3 is 0 Å². The second kappa shape index (κ2) is 7.12. The normalized spacial score (nSPS) is 12.2. The van der Waals surface area contributed by atoms with Gasteiger partial charge in [-0.15, -0.1) is 0 Å². The molecule has 1 atom stereocenters. The van der Waals surface area contributed by atoms with Gasteiger partial charge in [-0.05, 0) is 42.7 Å². The van der Waals surface area contributed by atoms with E-state index in [0.717, 1.165) is 12.0 Å². The maximum absolute atomic E-state index is 14.1. The maximum Gasteiger partial charge on any atom is 0.165 e. The van der Waals surface area contributed by atoms with Crippen LogP contribution in [0.25, 0.3) is 0 Å². The van der Waals surface area contributed by atoms with Crippen molar-refractivity contribution in [2.45, 2.75) is 25.8 Å². The first-order valence-corrected chi connectivity index (χ1v) is 7.42. The summed E-state index contributed by atoms with van der Waals surface area (Å²) >= 11 is 11.9. The van der Waals surface area contributed by atoms with Crippen LogP contribution < -0.4 is 10.5 Å². The van der Waals surface area contributed by atoms with Gasteiger partial charge in [-0.2, -0.15) is 0 Å². The number of hydrogen-bond donors (Lipinski definition) is 1. The average Bonchev–Trinajstić information content (AvgIpc) is 2.46. The lowest BCUT2D eigenvalue weighted by atomic mass is 10.0. The summed E-state index contributed by atoms with van der Waals surface area (Å²) < 4.78 is 19.6. The number of benzene rings is 2. The highest BCUT2D eigenvalue weighted by Gasteiger charge is 2.11. The molecule has 0 aliphatic rings. The molecule has 112 valence electrons. The Bertz CT molecular complexity index is 634.